The highest BCUT2D eigenvalue weighted by molar-refractivity contribution is 8.00. The Morgan fingerprint density at radius 3 is 2.31 bits per heavy atom. The summed E-state index contributed by atoms with van der Waals surface area (Å²) in [6.07, 6.45) is 8.10. The van der Waals surface area contributed by atoms with Crippen molar-refractivity contribution in [1.29, 1.82) is 0 Å². The van der Waals surface area contributed by atoms with Crippen molar-refractivity contribution in [2.24, 2.45) is 0 Å². The van der Waals surface area contributed by atoms with Crippen LogP contribution in [-0.4, -0.2) is 25.1 Å². The van der Waals surface area contributed by atoms with Crippen LogP contribution in [0.5, 0.6) is 0 Å². The molecule has 154 valence electrons. The monoisotopic (exact) mass is 413 g/mol. The van der Waals surface area contributed by atoms with Gasteiger partial charge in [0.25, 0.3) is 5.09 Å². The van der Waals surface area contributed by atoms with E-state index in [1.54, 1.807) is 0 Å². The highest BCUT2D eigenvalue weighted by Crippen LogP contribution is 2.32. The highest BCUT2D eigenvalue weighted by Gasteiger charge is 2.14. The third kappa shape index (κ3) is 7.99. The van der Waals surface area contributed by atoms with Gasteiger partial charge in [-0.2, -0.15) is 0 Å². The average Bonchev–Trinajstić information content (AvgIpc) is 3.16. The van der Waals surface area contributed by atoms with Crippen molar-refractivity contribution in [2.45, 2.75) is 50.3 Å². The highest BCUT2D eigenvalue weighted by atomic mass is 32.2. The van der Waals surface area contributed by atoms with Crippen molar-refractivity contribution in [1.82, 2.24) is 9.55 Å². The van der Waals surface area contributed by atoms with Gasteiger partial charge in [-0.1, -0.05) is 48.0 Å². The summed E-state index contributed by atoms with van der Waals surface area (Å²) in [5.74, 6) is 0. The molecule has 0 saturated carbocycles. The largest absolute Gasteiger partial charge is 0.336 e. The van der Waals surface area contributed by atoms with E-state index in [-0.39, 0.29) is 0 Å². The Morgan fingerprint density at radius 1 is 1.14 bits per heavy atom. The predicted molar refractivity (Wildman–Crippen MR) is 116 cm³/mol. The molecule has 29 heavy (non-hydrogen) atoms. The van der Waals surface area contributed by atoms with Crippen molar-refractivity contribution in [3.05, 3.63) is 93.6 Å². The Labute approximate surface area is 175 Å². The number of imidazole rings is 1. The van der Waals surface area contributed by atoms with E-state index in [1.807, 2.05) is 24.3 Å². The van der Waals surface area contributed by atoms with E-state index >= 15 is 0 Å². The second kappa shape index (κ2) is 11.3. The molecule has 0 aliphatic carbocycles. The summed E-state index contributed by atoms with van der Waals surface area (Å²) in [6, 6.07) is 15.5. The SMILES string of the molecule is Cc1ccc(CCC(Cn2ccnc2)Sc2c(C)cccc2C)cc1.O=[N+]([O-])O. The van der Waals surface area contributed by atoms with Crippen LogP contribution in [-0.2, 0) is 13.0 Å². The van der Waals surface area contributed by atoms with E-state index < -0.39 is 5.09 Å². The molecule has 0 aliphatic heterocycles. The van der Waals surface area contributed by atoms with Crippen molar-refractivity contribution in [2.75, 3.05) is 0 Å². The molecule has 7 heteroatoms. The number of hydrogen-bond acceptors (Lipinski definition) is 4. The molecule has 0 fully saturated rings. The van der Waals surface area contributed by atoms with Gasteiger partial charge in [-0.15, -0.1) is 21.9 Å². The van der Waals surface area contributed by atoms with E-state index in [9.17, 15) is 0 Å². The number of aryl methyl sites for hydroxylation is 4. The lowest BCUT2D eigenvalue weighted by Gasteiger charge is -2.20. The third-order valence-electron chi connectivity index (χ3n) is 4.54. The Balaban J connectivity index is 0.000000687. The quantitative estimate of drug-likeness (QED) is 0.325. The maximum Gasteiger partial charge on any atom is 0.291 e. The molecule has 1 N–H and O–H groups in total. The molecule has 6 nitrogen and oxygen atoms in total. The second-order valence-electron chi connectivity index (χ2n) is 6.98. The van der Waals surface area contributed by atoms with Crippen LogP contribution in [0, 0.1) is 30.9 Å². The molecular weight excluding hydrogens is 386 g/mol. The maximum atomic E-state index is 8.36. The van der Waals surface area contributed by atoms with Gasteiger partial charge < -0.3 is 9.77 Å². The van der Waals surface area contributed by atoms with Gasteiger partial charge in [-0.25, -0.2) is 4.98 Å². The summed E-state index contributed by atoms with van der Waals surface area (Å²) in [6.45, 7) is 7.56. The first-order chi connectivity index (χ1) is 13.8. The summed E-state index contributed by atoms with van der Waals surface area (Å²) in [5.41, 5.74) is 5.49. The van der Waals surface area contributed by atoms with Crippen molar-refractivity contribution < 1.29 is 10.3 Å². The van der Waals surface area contributed by atoms with Gasteiger partial charge in [0.05, 0.1) is 6.33 Å². The molecule has 0 saturated heterocycles. The van der Waals surface area contributed by atoms with Crippen LogP contribution >= 0.6 is 11.8 Å². The van der Waals surface area contributed by atoms with Gasteiger partial charge in [0.2, 0.25) is 0 Å². The minimum absolute atomic E-state index is 0.523. The molecule has 0 aliphatic rings. The van der Waals surface area contributed by atoms with E-state index in [2.05, 4.69) is 79.0 Å². The molecule has 3 aromatic rings. The van der Waals surface area contributed by atoms with Crippen LogP contribution in [0.15, 0.2) is 66.1 Å². The van der Waals surface area contributed by atoms with E-state index in [0.717, 1.165) is 19.4 Å². The van der Waals surface area contributed by atoms with Crippen molar-refractivity contribution >= 4 is 11.8 Å². The smallest absolute Gasteiger partial charge is 0.291 e. The molecule has 0 amide bonds. The fourth-order valence-corrected chi connectivity index (χ4v) is 4.38. The lowest BCUT2D eigenvalue weighted by atomic mass is 10.1. The first kappa shape index (κ1) is 22.5. The normalized spacial score (nSPS) is 11.4. The zero-order valence-corrected chi connectivity index (χ0v) is 17.8. The Bertz CT molecular complexity index is 872. The van der Waals surface area contributed by atoms with Crippen molar-refractivity contribution in [3.63, 3.8) is 0 Å². The van der Waals surface area contributed by atoms with Crippen molar-refractivity contribution in [3.8, 4) is 0 Å². The molecule has 1 unspecified atom stereocenters. The number of hydrogen-bond donors (Lipinski definition) is 1. The van der Waals surface area contributed by atoms with Crippen LogP contribution in [0.3, 0.4) is 0 Å². The average molecular weight is 414 g/mol. The Hall–Kier alpha value is -2.80. The van der Waals surface area contributed by atoms with E-state index in [0.29, 0.717) is 5.25 Å². The van der Waals surface area contributed by atoms with Crippen LogP contribution in [0.2, 0.25) is 0 Å². The molecule has 0 radical (unpaired) electrons. The summed E-state index contributed by atoms with van der Waals surface area (Å²) in [4.78, 5) is 14.0. The molecule has 1 aromatic heterocycles. The molecule has 3 rings (SSSR count). The number of nitrogens with zero attached hydrogens (tertiary/aromatic N) is 3. The summed E-state index contributed by atoms with van der Waals surface area (Å²) >= 11 is 2.01. The zero-order chi connectivity index (χ0) is 21.2. The Morgan fingerprint density at radius 2 is 1.76 bits per heavy atom. The number of thioether (sulfide) groups is 1. The predicted octanol–water partition coefficient (Wildman–Crippen LogP) is 5.25. The molecule has 1 atom stereocenters. The lowest BCUT2D eigenvalue weighted by Crippen LogP contribution is -2.13. The maximum absolute atomic E-state index is 8.36. The molecule has 2 aromatic carbocycles. The van der Waals surface area contributed by atoms with Gasteiger partial charge in [0.15, 0.2) is 0 Å². The lowest BCUT2D eigenvalue weighted by molar-refractivity contribution is -0.742. The number of benzene rings is 2. The van der Waals surface area contributed by atoms with Gasteiger partial charge >= 0.3 is 0 Å². The minimum Gasteiger partial charge on any atom is -0.336 e. The van der Waals surface area contributed by atoms with Gasteiger partial charge in [-0.05, 0) is 50.3 Å². The fraction of sp³-hybridized carbons (Fsp3) is 0.318. The second-order valence-corrected chi connectivity index (χ2v) is 8.29. The summed E-state index contributed by atoms with van der Waals surface area (Å²) in [7, 11) is 0. The van der Waals surface area contributed by atoms with Crippen LogP contribution in [0.4, 0.5) is 0 Å². The van der Waals surface area contributed by atoms with Crippen LogP contribution in [0.25, 0.3) is 0 Å². The van der Waals surface area contributed by atoms with Gasteiger partial charge in [-0.3, -0.25) is 0 Å². The summed E-state index contributed by atoms with van der Waals surface area (Å²) in [5, 5.41) is 14.2. The fourth-order valence-electron chi connectivity index (χ4n) is 3.05. The van der Waals surface area contributed by atoms with E-state index in [1.165, 1.54) is 27.1 Å². The van der Waals surface area contributed by atoms with E-state index in [4.69, 9.17) is 15.3 Å². The zero-order valence-electron chi connectivity index (χ0n) is 17.0. The number of rotatable bonds is 7. The minimum atomic E-state index is -1.50. The van der Waals surface area contributed by atoms with Crippen LogP contribution < -0.4 is 0 Å². The van der Waals surface area contributed by atoms with Gasteiger partial charge in [0.1, 0.15) is 0 Å². The standard InChI is InChI=1S/C22H26N2S.HNO3/c1-17-7-9-20(10-8-17)11-12-21(15-24-14-13-23-16-24)25-22-18(2)5-4-6-19(22)3;2-1(3)4/h4-10,13-14,16,21H,11-12,15H2,1-3H3;(H,2,3,4). The first-order valence-corrected chi connectivity index (χ1v) is 10.3. The molecular formula is C22H27N3O3S. The summed E-state index contributed by atoms with van der Waals surface area (Å²) < 4.78 is 2.19. The Kier molecular flexibility index (Phi) is 8.73. The molecule has 1 heterocycles. The molecule has 0 bridgehead atoms. The first-order valence-electron chi connectivity index (χ1n) is 9.42. The topological polar surface area (TPSA) is 81.2 Å². The van der Waals surface area contributed by atoms with Gasteiger partial charge in [0, 0.05) is 29.1 Å². The third-order valence-corrected chi connectivity index (χ3v) is 6.14. The van der Waals surface area contributed by atoms with Crippen LogP contribution in [0.1, 0.15) is 28.7 Å². The number of aromatic nitrogens is 2. The molecule has 0 spiro atoms.